The van der Waals surface area contributed by atoms with E-state index in [1.807, 2.05) is 6.07 Å². The lowest BCUT2D eigenvalue weighted by molar-refractivity contribution is 0.0937. The topological polar surface area (TPSA) is 67.4 Å². The van der Waals surface area contributed by atoms with E-state index < -0.39 is 0 Å². The molecule has 0 aliphatic carbocycles. The number of nitrogens with one attached hydrogen (secondary N) is 2. The second-order valence-electron chi connectivity index (χ2n) is 27.0. The predicted octanol–water partition coefficient (Wildman–Crippen LogP) is 26.9. The molecule has 0 aliphatic heterocycles. The van der Waals surface area contributed by atoms with E-state index in [1.54, 1.807) is 12.1 Å². The Kier molecular flexibility index (Phi) is 65.2. The predicted molar refractivity (Wildman–Crippen MR) is 374 cm³/mol. The first-order valence-electron chi connectivity index (χ1n) is 39.0. The molecule has 0 radical (unpaired) electrons. The van der Waals surface area contributed by atoms with Gasteiger partial charge in [-0.25, -0.2) is 0 Å². The van der Waals surface area contributed by atoms with E-state index in [2.05, 4.69) is 31.4 Å². The number of hydrogen-bond acceptors (Lipinski definition) is 3. The van der Waals surface area contributed by atoms with Crippen LogP contribution in [0, 0.1) is 0 Å². The maximum Gasteiger partial charge on any atom is 0.255 e. The highest BCUT2D eigenvalue weighted by molar-refractivity contribution is 6.00. The summed E-state index contributed by atoms with van der Waals surface area (Å²) in [6, 6.07) is 5.42. The van der Waals surface area contributed by atoms with Crippen molar-refractivity contribution in [3.63, 3.8) is 0 Å². The lowest BCUT2D eigenvalue weighted by Crippen LogP contribution is -2.26. The average molecular weight is 1180 g/mol. The quantitative estimate of drug-likeness (QED) is 0.0639. The summed E-state index contributed by atoms with van der Waals surface area (Å²) in [5, 5.41) is 6.33. The molecular formula is C79H150N2O3. The van der Waals surface area contributed by atoms with Gasteiger partial charge in [0.15, 0.2) is 0 Å². The van der Waals surface area contributed by atoms with Crippen molar-refractivity contribution in [2.45, 2.75) is 438 Å². The number of benzene rings is 1. The molecule has 1 aromatic carbocycles. The molecule has 0 heterocycles. The van der Waals surface area contributed by atoms with E-state index in [0.717, 1.165) is 38.5 Å². The molecule has 0 saturated heterocycles. The van der Waals surface area contributed by atoms with Gasteiger partial charge in [-0.05, 0) is 37.5 Å². The average Bonchev–Trinajstić information content (AvgIpc) is 3.64. The van der Waals surface area contributed by atoms with Crippen LogP contribution < -0.4 is 15.4 Å². The zero-order chi connectivity index (χ0) is 60.2. The molecular weight excluding hydrogens is 1020 g/mol. The van der Waals surface area contributed by atoms with Crippen LogP contribution in [0.15, 0.2) is 18.2 Å². The highest BCUT2D eigenvalue weighted by Crippen LogP contribution is 2.24. The Balaban J connectivity index is 2.13. The minimum Gasteiger partial charge on any atom is -0.493 e. The smallest absolute Gasteiger partial charge is 0.255 e. The molecule has 0 atom stereocenters. The van der Waals surface area contributed by atoms with Crippen LogP contribution in [0.3, 0.4) is 0 Å². The lowest BCUT2D eigenvalue weighted by Gasteiger charge is -2.14. The number of carbonyl (C=O) groups excluding carboxylic acids is 2. The molecule has 5 nitrogen and oxygen atoms in total. The van der Waals surface area contributed by atoms with Gasteiger partial charge in [-0.15, -0.1) is 0 Å². The largest absolute Gasteiger partial charge is 0.493 e. The number of ether oxygens (including phenoxy) is 1. The Hall–Kier alpha value is -2.04. The van der Waals surface area contributed by atoms with Crippen LogP contribution in [0.1, 0.15) is 459 Å². The van der Waals surface area contributed by atoms with Gasteiger partial charge in [0.05, 0.1) is 12.2 Å². The van der Waals surface area contributed by atoms with Crippen molar-refractivity contribution in [1.82, 2.24) is 10.6 Å². The van der Waals surface area contributed by atoms with Crippen LogP contribution in [0.25, 0.3) is 0 Å². The fourth-order valence-corrected chi connectivity index (χ4v) is 12.8. The highest BCUT2D eigenvalue weighted by Gasteiger charge is 2.16. The molecule has 0 saturated carbocycles. The van der Waals surface area contributed by atoms with Gasteiger partial charge in [-0.1, -0.05) is 419 Å². The number of hydrogen-bond donors (Lipinski definition) is 2. The Morgan fingerprint density at radius 3 is 0.702 bits per heavy atom. The molecule has 84 heavy (non-hydrogen) atoms. The number of amides is 2. The highest BCUT2D eigenvalue weighted by atomic mass is 16.5. The van der Waals surface area contributed by atoms with Crippen molar-refractivity contribution >= 4 is 11.8 Å². The maximum absolute atomic E-state index is 13.5. The zero-order valence-corrected chi connectivity index (χ0v) is 57.5. The van der Waals surface area contributed by atoms with Gasteiger partial charge >= 0.3 is 0 Å². The molecule has 0 bridgehead atoms. The van der Waals surface area contributed by atoms with Gasteiger partial charge in [-0.2, -0.15) is 0 Å². The fraction of sp³-hybridized carbons (Fsp3) is 0.899. The fourth-order valence-electron chi connectivity index (χ4n) is 12.8. The third-order valence-corrected chi connectivity index (χ3v) is 18.6. The molecule has 494 valence electrons. The minimum atomic E-state index is -0.0926. The summed E-state index contributed by atoms with van der Waals surface area (Å²) in [7, 11) is 0. The molecule has 1 aromatic rings. The van der Waals surface area contributed by atoms with E-state index in [0.29, 0.717) is 36.6 Å². The summed E-state index contributed by atoms with van der Waals surface area (Å²) >= 11 is 0. The van der Waals surface area contributed by atoms with Crippen molar-refractivity contribution in [3.05, 3.63) is 29.3 Å². The second kappa shape index (κ2) is 68.5. The second-order valence-corrected chi connectivity index (χ2v) is 27.0. The van der Waals surface area contributed by atoms with E-state index in [1.165, 1.54) is 379 Å². The standard InChI is InChI=1S/C79H150N2O3/c1-4-7-10-13-16-19-21-23-25-27-29-31-33-35-37-39-41-43-45-47-49-51-53-55-57-60-63-66-71-80-78(82)75-69-70-76(77(74-75)84-73-68-65-62-59-18-15-12-9-6-3)79(83)81-72-67-64-61-58-56-54-52-50-48-46-44-42-40-38-36-34-32-30-28-26-24-22-20-17-14-11-8-5-2/h69-70,74H,4-68,71-73H2,1-3H3,(H,80,82)(H,81,83). The molecule has 5 heteroatoms. The van der Waals surface area contributed by atoms with E-state index >= 15 is 0 Å². The van der Waals surface area contributed by atoms with Gasteiger partial charge < -0.3 is 15.4 Å². The third kappa shape index (κ3) is 57.7. The van der Waals surface area contributed by atoms with E-state index in [4.69, 9.17) is 4.74 Å². The number of rotatable bonds is 71. The van der Waals surface area contributed by atoms with Crippen molar-refractivity contribution < 1.29 is 14.3 Å². The van der Waals surface area contributed by atoms with Crippen molar-refractivity contribution in [2.24, 2.45) is 0 Å². The molecule has 0 spiro atoms. The molecule has 0 fully saturated rings. The van der Waals surface area contributed by atoms with Crippen LogP contribution in [-0.2, 0) is 0 Å². The first kappa shape index (κ1) is 80.0. The molecule has 0 aromatic heterocycles. The third-order valence-electron chi connectivity index (χ3n) is 18.6. The van der Waals surface area contributed by atoms with E-state index in [-0.39, 0.29) is 11.8 Å². The van der Waals surface area contributed by atoms with Crippen molar-refractivity contribution in [1.29, 1.82) is 0 Å². The van der Waals surface area contributed by atoms with Gasteiger partial charge in [0.25, 0.3) is 11.8 Å². The molecule has 0 aliphatic rings. The zero-order valence-electron chi connectivity index (χ0n) is 57.5. The monoisotopic (exact) mass is 1180 g/mol. The van der Waals surface area contributed by atoms with Crippen molar-refractivity contribution in [2.75, 3.05) is 19.7 Å². The Morgan fingerprint density at radius 2 is 0.464 bits per heavy atom. The normalized spacial score (nSPS) is 11.5. The Labute approximate surface area is 527 Å². The number of carbonyl (C=O) groups is 2. The lowest BCUT2D eigenvalue weighted by atomic mass is 10.0. The first-order chi connectivity index (χ1) is 41.6. The van der Waals surface area contributed by atoms with Crippen LogP contribution in [0.5, 0.6) is 5.75 Å². The van der Waals surface area contributed by atoms with E-state index in [9.17, 15) is 9.59 Å². The van der Waals surface area contributed by atoms with Crippen LogP contribution in [0.2, 0.25) is 0 Å². The Morgan fingerprint density at radius 1 is 0.262 bits per heavy atom. The minimum absolute atomic E-state index is 0.0733. The van der Waals surface area contributed by atoms with Gasteiger partial charge in [-0.3, -0.25) is 9.59 Å². The molecule has 2 N–H and O–H groups in total. The number of unbranched alkanes of at least 4 members (excludes halogenated alkanes) is 62. The molecule has 0 unspecified atom stereocenters. The summed E-state index contributed by atoms with van der Waals surface area (Å²) in [5.41, 5.74) is 1.12. The molecule has 2 amide bonds. The SMILES string of the molecule is CCCCCCCCCCCCCCCCCCCCCCCCCCCCCCNC(=O)c1ccc(C(=O)NCCCCCCCCCCCCCCCCCCCCCCCCCCCCCC)c(OCCCCCCCCCCC)c1. The van der Waals surface area contributed by atoms with Crippen LogP contribution >= 0.6 is 0 Å². The molecule has 1 rings (SSSR count). The summed E-state index contributed by atoms with van der Waals surface area (Å²) in [6.07, 6.45) is 89.6. The van der Waals surface area contributed by atoms with Gasteiger partial charge in [0.2, 0.25) is 0 Å². The van der Waals surface area contributed by atoms with Gasteiger partial charge in [0, 0.05) is 18.7 Å². The maximum atomic E-state index is 13.5. The van der Waals surface area contributed by atoms with Gasteiger partial charge in [0.1, 0.15) is 5.75 Å². The summed E-state index contributed by atoms with van der Waals surface area (Å²) in [6.45, 7) is 8.82. The first-order valence-corrected chi connectivity index (χ1v) is 39.0. The van der Waals surface area contributed by atoms with Crippen LogP contribution in [-0.4, -0.2) is 31.5 Å². The summed E-state index contributed by atoms with van der Waals surface area (Å²) in [5.74, 6) is 0.376. The summed E-state index contributed by atoms with van der Waals surface area (Å²) < 4.78 is 6.30. The van der Waals surface area contributed by atoms with Crippen LogP contribution in [0.4, 0.5) is 0 Å². The van der Waals surface area contributed by atoms with Crippen molar-refractivity contribution in [3.8, 4) is 5.75 Å². The Bertz CT molecular complexity index is 1460. The summed E-state index contributed by atoms with van der Waals surface area (Å²) in [4.78, 5) is 26.8.